The molecule has 2 saturated carbocycles. The van der Waals surface area contributed by atoms with Crippen LogP contribution in [0.2, 0.25) is 0 Å². The standard InChI is InChI=1S/C14H19N5/c1-19(2)12-6-11(14(12)4-3-5-14)18-13-9-16-8-10(7-15)17-13/h8-9,11-12H,3-6H2,1-2H3,(H,17,18). The molecule has 1 heterocycles. The van der Waals surface area contributed by atoms with Crippen LogP contribution in [0.5, 0.6) is 0 Å². The average Bonchev–Trinajstić information content (AvgIpc) is 2.32. The molecule has 5 heteroatoms. The molecule has 2 unspecified atom stereocenters. The third-order valence-electron chi connectivity index (χ3n) is 4.80. The van der Waals surface area contributed by atoms with Gasteiger partial charge in [-0.25, -0.2) is 4.98 Å². The number of rotatable bonds is 3. The minimum absolute atomic E-state index is 0.371. The van der Waals surface area contributed by atoms with Crippen molar-refractivity contribution in [2.45, 2.75) is 37.8 Å². The van der Waals surface area contributed by atoms with E-state index < -0.39 is 0 Å². The quantitative estimate of drug-likeness (QED) is 0.891. The van der Waals surface area contributed by atoms with Gasteiger partial charge in [-0.3, -0.25) is 4.98 Å². The van der Waals surface area contributed by atoms with Crippen LogP contribution in [0, 0.1) is 16.7 Å². The van der Waals surface area contributed by atoms with Gasteiger partial charge in [0.1, 0.15) is 11.9 Å². The van der Waals surface area contributed by atoms with Crippen molar-refractivity contribution in [3.05, 3.63) is 18.1 Å². The summed E-state index contributed by atoms with van der Waals surface area (Å²) in [6.07, 6.45) is 8.25. The first-order chi connectivity index (χ1) is 9.15. The fourth-order valence-electron chi connectivity index (χ4n) is 3.63. The van der Waals surface area contributed by atoms with Crippen LogP contribution in [0.3, 0.4) is 0 Å². The molecular formula is C14H19N5. The van der Waals surface area contributed by atoms with Gasteiger partial charge in [0.25, 0.3) is 0 Å². The summed E-state index contributed by atoms with van der Waals surface area (Å²) in [5.41, 5.74) is 0.782. The summed E-state index contributed by atoms with van der Waals surface area (Å²) in [4.78, 5) is 10.7. The molecule has 2 aliphatic rings. The predicted molar refractivity (Wildman–Crippen MR) is 72.5 cm³/mol. The average molecular weight is 257 g/mol. The third kappa shape index (κ3) is 1.87. The molecule has 1 N–H and O–H groups in total. The molecule has 19 heavy (non-hydrogen) atoms. The smallest absolute Gasteiger partial charge is 0.161 e. The van der Waals surface area contributed by atoms with Crippen LogP contribution in [-0.2, 0) is 0 Å². The summed E-state index contributed by atoms with van der Waals surface area (Å²) in [5, 5.41) is 12.3. The number of nitrogens with one attached hydrogen (secondary N) is 1. The zero-order valence-electron chi connectivity index (χ0n) is 11.4. The van der Waals surface area contributed by atoms with Crippen LogP contribution in [0.1, 0.15) is 31.4 Å². The van der Waals surface area contributed by atoms with E-state index in [4.69, 9.17) is 5.26 Å². The van der Waals surface area contributed by atoms with Gasteiger partial charge in [-0.05, 0) is 33.4 Å². The summed E-state index contributed by atoms with van der Waals surface area (Å²) < 4.78 is 0. The molecule has 3 rings (SSSR count). The minimum Gasteiger partial charge on any atom is -0.365 e. The second kappa shape index (κ2) is 4.46. The van der Waals surface area contributed by atoms with Crippen molar-refractivity contribution in [3.8, 4) is 6.07 Å². The lowest BCUT2D eigenvalue weighted by Gasteiger charge is -2.63. The number of hydrogen-bond donors (Lipinski definition) is 1. The van der Waals surface area contributed by atoms with E-state index in [9.17, 15) is 0 Å². The van der Waals surface area contributed by atoms with Crippen molar-refractivity contribution in [1.82, 2.24) is 14.9 Å². The lowest BCUT2D eigenvalue weighted by Crippen LogP contribution is -2.68. The highest BCUT2D eigenvalue weighted by atomic mass is 15.2. The molecule has 2 atom stereocenters. The van der Waals surface area contributed by atoms with E-state index in [1.165, 1.54) is 25.5 Å². The first kappa shape index (κ1) is 12.4. The van der Waals surface area contributed by atoms with Crippen LogP contribution in [-0.4, -0.2) is 41.0 Å². The fraction of sp³-hybridized carbons (Fsp3) is 0.643. The normalized spacial score (nSPS) is 27.5. The first-order valence-electron chi connectivity index (χ1n) is 6.81. The Morgan fingerprint density at radius 1 is 1.42 bits per heavy atom. The number of hydrogen-bond acceptors (Lipinski definition) is 5. The molecule has 5 nitrogen and oxygen atoms in total. The van der Waals surface area contributed by atoms with Gasteiger partial charge >= 0.3 is 0 Å². The Bertz CT molecular complexity index is 515. The maximum absolute atomic E-state index is 8.86. The summed E-state index contributed by atoms with van der Waals surface area (Å²) in [5.74, 6) is 0.729. The fourth-order valence-corrected chi connectivity index (χ4v) is 3.63. The Hall–Kier alpha value is -1.67. The zero-order valence-corrected chi connectivity index (χ0v) is 11.4. The van der Waals surface area contributed by atoms with Crippen molar-refractivity contribution in [3.63, 3.8) is 0 Å². The van der Waals surface area contributed by atoms with Crippen LogP contribution in [0.4, 0.5) is 5.82 Å². The molecule has 2 fully saturated rings. The lowest BCUT2D eigenvalue weighted by atomic mass is 9.49. The summed E-state index contributed by atoms with van der Waals surface area (Å²) in [6.45, 7) is 0. The number of anilines is 1. The molecule has 1 aromatic rings. The van der Waals surface area contributed by atoms with Crippen LogP contribution in [0.25, 0.3) is 0 Å². The molecular weight excluding hydrogens is 238 g/mol. The lowest BCUT2D eigenvalue weighted by molar-refractivity contribution is -0.0784. The van der Waals surface area contributed by atoms with E-state index in [-0.39, 0.29) is 0 Å². The Morgan fingerprint density at radius 2 is 2.21 bits per heavy atom. The predicted octanol–water partition coefficient (Wildman–Crippen LogP) is 1.63. The second-order valence-corrected chi connectivity index (χ2v) is 5.90. The van der Waals surface area contributed by atoms with Gasteiger partial charge in [0.15, 0.2) is 5.69 Å². The van der Waals surface area contributed by atoms with Crippen molar-refractivity contribution < 1.29 is 0 Å². The topological polar surface area (TPSA) is 64.8 Å². The monoisotopic (exact) mass is 257 g/mol. The highest BCUT2D eigenvalue weighted by Crippen LogP contribution is 2.58. The molecule has 1 aromatic heterocycles. The molecule has 0 radical (unpaired) electrons. The number of aromatic nitrogens is 2. The molecule has 0 bridgehead atoms. The van der Waals surface area contributed by atoms with Crippen molar-refractivity contribution >= 4 is 5.82 Å². The summed E-state index contributed by atoms with van der Waals surface area (Å²) in [7, 11) is 4.33. The maximum Gasteiger partial charge on any atom is 0.161 e. The summed E-state index contributed by atoms with van der Waals surface area (Å²) >= 11 is 0. The van der Waals surface area contributed by atoms with Crippen molar-refractivity contribution in [2.24, 2.45) is 5.41 Å². The van der Waals surface area contributed by atoms with Gasteiger partial charge in [0, 0.05) is 17.5 Å². The van der Waals surface area contributed by atoms with Crippen molar-refractivity contribution in [2.75, 3.05) is 19.4 Å². The van der Waals surface area contributed by atoms with E-state index in [1.807, 2.05) is 6.07 Å². The van der Waals surface area contributed by atoms with E-state index in [2.05, 4.69) is 34.3 Å². The van der Waals surface area contributed by atoms with E-state index in [0.29, 0.717) is 23.2 Å². The molecule has 0 aliphatic heterocycles. The Kier molecular flexibility index (Phi) is 2.90. The SMILES string of the molecule is CN(C)C1CC(Nc2cncc(C#N)n2)C12CCC2. The Balaban J connectivity index is 1.73. The highest BCUT2D eigenvalue weighted by Gasteiger charge is 2.58. The Labute approximate surface area is 113 Å². The molecule has 100 valence electrons. The molecule has 0 aromatic carbocycles. The maximum atomic E-state index is 8.86. The third-order valence-corrected chi connectivity index (χ3v) is 4.80. The minimum atomic E-state index is 0.371. The van der Waals surface area contributed by atoms with E-state index in [0.717, 1.165) is 12.2 Å². The highest BCUT2D eigenvalue weighted by molar-refractivity contribution is 5.39. The first-order valence-corrected chi connectivity index (χ1v) is 6.81. The van der Waals surface area contributed by atoms with Gasteiger partial charge in [-0.15, -0.1) is 0 Å². The largest absolute Gasteiger partial charge is 0.365 e. The van der Waals surface area contributed by atoms with Gasteiger partial charge in [0.05, 0.1) is 12.4 Å². The summed E-state index contributed by atoms with van der Waals surface area (Å²) in [6, 6.07) is 3.17. The Morgan fingerprint density at radius 3 is 2.79 bits per heavy atom. The molecule has 2 aliphatic carbocycles. The number of nitrogens with zero attached hydrogens (tertiary/aromatic N) is 4. The molecule has 0 saturated heterocycles. The van der Waals surface area contributed by atoms with E-state index in [1.54, 1.807) is 6.20 Å². The zero-order chi connectivity index (χ0) is 13.5. The second-order valence-electron chi connectivity index (χ2n) is 5.90. The van der Waals surface area contributed by atoms with Crippen LogP contribution in [0.15, 0.2) is 12.4 Å². The van der Waals surface area contributed by atoms with Gasteiger partial charge < -0.3 is 10.2 Å². The number of nitriles is 1. The van der Waals surface area contributed by atoms with Crippen LogP contribution < -0.4 is 5.32 Å². The van der Waals surface area contributed by atoms with Gasteiger partial charge in [-0.1, -0.05) is 6.42 Å². The van der Waals surface area contributed by atoms with Gasteiger partial charge in [-0.2, -0.15) is 5.26 Å². The van der Waals surface area contributed by atoms with Gasteiger partial charge in [0.2, 0.25) is 0 Å². The van der Waals surface area contributed by atoms with Crippen LogP contribution >= 0.6 is 0 Å². The van der Waals surface area contributed by atoms with E-state index >= 15 is 0 Å². The molecule has 0 amide bonds. The molecule has 1 spiro atoms. The van der Waals surface area contributed by atoms with Crippen molar-refractivity contribution in [1.29, 1.82) is 5.26 Å².